The topological polar surface area (TPSA) is 151 Å². The normalized spacial score (nSPS) is 19.3. The molecule has 0 radical (unpaired) electrons. The molecule has 0 aliphatic carbocycles. The van der Waals surface area contributed by atoms with E-state index in [1.54, 1.807) is 30.6 Å². The van der Waals surface area contributed by atoms with Gasteiger partial charge in [-0.1, -0.05) is 72.4 Å². The highest BCUT2D eigenvalue weighted by Crippen LogP contribution is 2.54. The molecule has 2 amide bonds. The molecule has 0 spiro atoms. The van der Waals surface area contributed by atoms with Crippen molar-refractivity contribution in [2.24, 2.45) is 0 Å². The zero-order valence-corrected chi connectivity index (χ0v) is 25.5. The molecule has 1 fully saturated rings. The first-order valence-corrected chi connectivity index (χ1v) is 16.3. The molecular formula is C31H26N6O4S3. The molecule has 4 heterocycles. The van der Waals surface area contributed by atoms with Crippen LogP contribution in [0.25, 0.3) is 0 Å². The van der Waals surface area contributed by atoms with Crippen LogP contribution in [0.4, 0.5) is 5.82 Å². The number of hydrogen-bond acceptors (Lipinski definition) is 10. The highest BCUT2D eigenvalue weighted by Gasteiger charge is 2.57. The number of nitrogen functional groups attached to an aromatic ring is 1. The van der Waals surface area contributed by atoms with Crippen LogP contribution in [0.3, 0.4) is 0 Å². The SMILES string of the molecule is Nc1ccnc(SC2=C(C(=O)O)N3C(=O)[C@@H](NC(=O)CSc4ccncc4)[C@H]3SC2C(c2ccccc2)c2ccccc2)n1. The Morgan fingerprint density at radius 1 is 0.977 bits per heavy atom. The summed E-state index contributed by atoms with van der Waals surface area (Å²) in [5, 5.41) is 12.6. The van der Waals surface area contributed by atoms with Crippen molar-refractivity contribution in [1.82, 2.24) is 25.2 Å². The van der Waals surface area contributed by atoms with Gasteiger partial charge in [-0.05, 0) is 29.3 Å². The fourth-order valence-corrected chi connectivity index (χ4v) is 8.83. The minimum Gasteiger partial charge on any atom is -0.477 e. The lowest BCUT2D eigenvalue weighted by atomic mass is 9.87. The minimum atomic E-state index is -1.25. The summed E-state index contributed by atoms with van der Waals surface area (Å²) in [5.41, 5.74) is 7.73. The summed E-state index contributed by atoms with van der Waals surface area (Å²) in [7, 11) is 0. The van der Waals surface area contributed by atoms with Crippen LogP contribution in [-0.2, 0) is 14.4 Å². The molecule has 2 aliphatic heterocycles. The van der Waals surface area contributed by atoms with Crippen LogP contribution in [0, 0.1) is 0 Å². The molecular weight excluding hydrogens is 617 g/mol. The fraction of sp³-hybridized carbons (Fsp3) is 0.161. The van der Waals surface area contributed by atoms with Gasteiger partial charge in [-0.25, -0.2) is 14.8 Å². The molecule has 3 atom stereocenters. The molecule has 222 valence electrons. The summed E-state index contributed by atoms with van der Waals surface area (Å²) in [5.74, 6) is -2.01. The molecule has 2 aliphatic rings. The van der Waals surface area contributed by atoms with E-state index in [2.05, 4.69) is 20.3 Å². The number of aliphatic carboxylic acids is 1. The standard InChI is InChI=1S/C31H26N6O4S3/c32-21-13-16-34-31(35-21)44-27-25(30(40)41)37-28(39)24(36-22(38)17-42-20-11-14-33-15-12-20)29(37)43-26(27)23(18-7-3-1-4-8-18)19-9-5-2-6-10-19/h1-16,23-24,26,29H,17H2,(H,36,38)(H,40,41)(H2,32,34,35)/t24-,26?,29-/m1/s1. The van der Waals surface area contributed by atoms with Gasteiger partial charge >= 0.3 is 5.97 Å². The average Bonchev–Trinajstić information content (AvgIpc) is 3.04. The maximum absolute atomic E-state index is 13.5. The Labute approximate surface area is 266 Å². The first kappa shape index (κ1) is 29.7. The second-order valence-electron chi connectivity index (χ2n) is 9.86. The Morgan fingerprint density at radius 3 is 2.25 bits per heavy atom. The molecule has 6 rings (SSSR count). The average molecular weight is 643 g/mol. The minimum absolute atomic E-state index is 0.0980. The number of anilines is 1. The number of thioether (sulfide) groups is 3. The number of nitrogens with zero attached hydrogens (tertiary/aromatic N) is 4. The third kappa shape index (κ3) is 6.16. The largest absolute Gasteiger partial charge is 0.477 e. The van der Waals surface area contributed by atoms with Crippen LogP contribution in [0.1, 0.15) is 17.0 Å². The maximum atomic E-state index is 13.5. The van der Waals surface area contributed by atoms with Gasteiger partial charge < -0.3 is 16.2 Å². The smallest absolute Gasteiger partial charge is 0.353 e. The van der Waals surface area contributed by atoms with Crippen LogP contribution < -0.4 is 11.1 Å². The van der Waals surface area contributed by atoms with Crippen molar-refractivity contribution in [3.05, 3.63) is 119 Å². The Kier molecular flexibility index (Phi) is 8.87. The zero-order chi connectivity index (χ0) is 30.6. The number of pyridine rings is 1. The number of fused-ring (bicyclic) bond motifs is 1. The molecule has 2 aromatic carbocycles. The summed E-state index contributed by atoms with van der Waals surface area (Å²) in [6, 6.07) is 23.9. The van der Waals surface area contributed by atoms with Gasteiger partial charge in [0.15, 0.2) is 5.16 Å². The van der Waals surface area contributed by atoms with E-state index in [-0.39, 0.29) is 34.2 Å². The quantitative estimate of drug-likeness (QED) is 0.129. The summed E-state index contributed by atoms with van der Waals surface area (Å²) in [6.07, 6.45) is 4.80. The zero-order valence-electron chi connectivity index (χ0n) is 23.0. The first-order chi connectivity index (χ1) is 21.4. The highest BCUT2D eigenvalue weighted by atomic mass is 32.2. The van der Waals surface area contributed by atoms with Gasteiger partial charge in [0.2, 0.25) is 5.91 Å². The molecule has 2 aromatic heterocycles. The van der Waals surface area contributed by atoms with Gasteiger partial charge in [0.1, 0.15) is 22.9 Å². The van der Waals surface area contributed by atoms with Gasteiger partial charge in [0.05, 0.1) is 11.0 Å². The van der Waals surface area contributed by atoms with E-state index < -0.39 is 28.5 Å². The summed E-state index contributed by atoms with van der Waals surface area (Å²) >= 11 is 3.87. The van der Waals surface area contributed by atoms with E-state index >= 15 is 0 Å². The third-order valence-corrected chi connectivity index (χ3v) is 10.8. The van der Waals surface area contributed by atoms with Crippen LogP contribution in [0.5, 0.6) is 0 Å². The second kappa shape index (κ2) is 13.1. The summed E-state index contributed by atoms with van der Waals surface area (Å²) < 4.78 is 0. The van der Waals surface area contributed by atoms with E-state index in [1.165, 1.54) is 34.6 Å². The third-order valence-electron chi connectivity index (χ3n) is 7.08. The Balaban J connectivity index is 1.39. The highest BCUT2D eigenvalue weighted by molar-refractivity contribution is 8.06. The van der Waals surface area contributed by atoms with E-state index in [0.717, 1.165) is 27.8 Å². The second-order valence-corrected chi connectivity index (χ2v) is 13.2. The van der Waals surface area contributed by atoms with Gasteiger partial charge in [-0.3, -0.25) is 19.5 Å². The van der Waals surface area contributed by atoms with Crippen molar-refractivity contribution >= 4 is 58.9 Å². The number of nitrogens with one attached hydrogen (secondary N) is 1. The van der Waals surface area contributed by atoms with Crippen molar-refractivity contribution in [1.29, 1.82) is 0 Å². The van der Waals surface area contributed by atoms with E-state index in [0.29, 0.717) is 4.91 Å². The number of aromatic nitrogens is 3. The number of β-lactam (4-membered cyclic amide) rings is 1. The van der Waals surface area contributed by atoms with Crippen molar-refractivity contribution in [3.63, 3.8) is 0 Å². The van der Waals surface area contributed by atoms with Crippen LogP contribution >= 0.6 is 35.3 Å². The summed E-state index contributed by atoms with van der Waals surface area (Å²) in [6.45, 7) is 0. The molecule has 0 bridgehead atoms. The van der Waals surface area contributed by atoms with E-state index in [1.807, 2.05) is 60.7 Å². The van der Waals surface area contributed by atoms with Gasteiger partial charge in [-0.2, -0.15) is 0 Å². The van der Waals surface area contributed by atoms with Crippen LogP contribution in [0.2, 0.25) is 0 Å². The Hall–Kier alpha value is -4.33. The lowest BCUT2D eigenvalue weighted by Gasteiger charge is -2.52. The van der Waals surface area contributed by atoms with Crippen molar-refractivity contribution in [3.8, 4) is 0 Å². The summed E-state index contributed by atoms with van der Waals surface area (Å²) in [4.78, 5) is 54.6. The van der Waals surface area contributed by atoms with Gasteiger partial charge in [-0.15, -0.1) is 23.5 Å². The van der Waals surface area contributed by atoms with Crippen LogP contribution in [0.15, 0.2) is 118 Å². The van der Waals surface area contributed by atoms with Crippen molar-refractivity contribution in [2.45, 2.75) is 32.6 Å². The Bertz CT molecular complexity index is 1670. The van der Waals surface area contributed by atoms with E-state index in [9.17, 15) is 19.5 Å². The number of carbonyl (C=O) groups excluding carboxylic acids is 2. The number of carboxylic acid groups (broad SMARTS) is 1. The van der Waals surface area contributed by atoms with Crippen molar-refractivity contribution in [2.75, 3.05) is 11.5 Å². The number of amides is 2. The fourth-order valence-electron chi connectivity index (χ4n) is 5.15. The number of benzene rings is 2. The molecule has 13 heteroatoms. The molecule has 4 aromatic rings. The molecule has 44 heavy (non-hydrogen) atoms. The number of carboxylic acids is 1. The lowest BCUT2D eigenvalue weighted by molar-refractivity contribution is -0.150. The molecule has 1 saturated heterocycles. The van der Waals surface area contributed by atoms with E-state index in [4.69, 9.17) is 5.73 Å². The molecule has 0 saturated carbocycles. The maximum Gasteiger partial charge on any atom is 0.353 e. The van der Waals surface area contributed by atoms with Gasteiger partial charge in [0.25, 0.3) is 5.91 Å². The predicted molar refractivity (Wildman–Crippen MR) is 171 cm³/mol. The number of nitrogens with two attached hydrogens (primary N) is 1. The van der Waals surface area contributed by atoms with Gasteiger partial charge in [0, 0.05) is 34.3 Å². The first-order valence-electron chi connectivity index (χ1n) is 13.5. The Morgan fingerprint density at radius 2 is 1.64 bits per heavy atom. The molecule has 1 unspecified atom stereocenters. The number of rotatable bonds is 10. The van der Waals surface area contributed by atoms with Crippen LogP contribution in [-0.4, -0.2) is 65.2 Å². The lowest BCUT2D eigenvalue weighted by Crippen LogP contribution is -2.71. The molecule has 10 nitrogen and oxygen atoms in total. The number of hydrogen-bond donors (Lipinski definition) is 3. The number of carbonyl (C=O) groups is 3. The predicted octanol–water partition coefficient (Wildman–Crippen LogP) is 4.24. The molecule has 4 N–H and O–H groups in total. The van der Waals surface area contributed by atoms with Crippen molar-refractivity contribution < 1.29 is 19.5 Å². The monoisotopic (exact) mass is 642 g/mol.